The number of halogens is 1. The number of phenols is 1. The molecule has 1 aliphatic rings. The summed E-state index contributed by atoms with van der Waals surface area (Å²) in [5.41, 5.74) is 5.87. The number of hydrogen-bond acceptors (Lipinski definition) is 2. The van der Waals surface area contributed by atoms with Gasteiger partial charge in [0.15, 0.2) is 0 Å². The fraction of sp³-hybridized carbons (Fsp3) is 0.538. The van der Waals surface area contributed by atoms with Crippen molar-refractivity contribution in [1.29, 1.82) is 0 Å². The van der Waals surface area contributed by atoms with Crippen LogP contribution in [0.1, 0.15) is 43.8 Å². The van der Waals surface area contributed by atoms with Crippen molar-refractivity contribution in [2.45, 2.75) is 43.8 Å². The number of nitrogens with two attached hydrogens (primary N) is 1. The molecule has 0 bridgehead atoms. The zero-order valence-corrected chi connectivity index (χ0v) is 9.32. The van der Waals surface area contributed by atoms with Gasteiger partial charge in [0.05, 0.1) is 5.54 Å². The van der Waals surface area contributed by atoms with Crippen LogP contribution in [0.4, 0.5) is 4.39 Å². The van der Waals surface area contributed by atoms with Crippen molar-refractivity contribution in [2.75, 3.05) is 0 Å². The maximum atomic E-state index is 14.3. The summed E-state index contributed by atoms with van der Waals surface area (Å²) >= 11 is 0. The Bertz CT molecular complexity index is 361. The lowest BCUT2D eigenvalue weighted by molar-refractivity contribution is 0.143. The van der Waals surface area contributed by atoms with Crippen LogP contribution in [0.15, 0.2) is 24.3 Å². The molecule has 3 heteroatoms. The first-order chi connectivity index (χ1) is 7.62. The van der Waals surface area contributed by atoms with Crippen molar-refractivity contribution >= 4 is 0 Å². The van der Waals surface area contributed by atoms with E-state index in [4.69, 9.17) is 5.73 Å². The molecule has 0 amide bonds. The number of aromatic hydroxyl groups is 1. The molecule has 1 aliphatic carbocycles. The van der Waals surface area contributed by atoms with Gasteiger partial charge in [-0.1, -0.05) is 31.4 Å². The van der Waals surface area contributed by atoms with E-state index in [0.717, 1.165) is 32.1 Å². The summed E-state index contributed by atoms with van der Waals surface area (Å²) in [4.78, 5) is 0. The molecule has 1 atom stereocenters. The van der Waals surface area contributed by atoms with Gasteiger partial charge in [-0.15, -0.1) is 0 Å². The number of alkyl halides is 1. The Balaban J connectivity index is 2.20. The number of hydrogen-bond donors (Lipinski definition) is 2. The van der Waals surface area contributed by atoms with Crippen LogP contribution in [0.3, 0.4) is 0 Å². The van der Waals surface area contributed by atoms with Crippen LogP contribution in [0, 0.1) is 0 Å². The third-order valence-electron chi connectivity index (χ3n) is 3.45. The van der Waals surface area contributed by atoms with Gasteiger partial charge in [-0.3, -0.25) is 0 Å². The summed E-state index contributed by atoms with van der Waals surface area (Å²) < 4.78 is 14.3. The Labute approximate surface area is 95.3 Å². The number of phenolic OH excluding ortho intramolecular Hbond substituents is 1. The van der Waals surface area contributed by atoms with E-state index in [0.29, 0.717) is 5.56 Å². The molecular weight excluding hydrogens is 205 g/mol. The average molecular weight is 223 g/mol. The normalized spacial score (nSPS) is 21.6. The standard InChI is InChI=1S/C13H18FNO/c14-12(10-5-4-6-11(16)9-10)13(15)7-2-1-3-8-13/h4-6,9,12,16H,1-3,7-8,15H2. The van der Waals surface area contributed by atoms with Crippen molar-refractivity contribution in [3.8, 4) is 5.75 Å². The molecule has 2 nitrogen and oxygen atoms in total. The van der Waals surface area contributed by atoms with Gasteiger partial charge in [0.2, 0.25) is 0 Å². The molecule has 1 aromatic rings. The minimum Gasteiger partial charge on any atom is -0.508 e. The molecule has 16 heavy (non-hydrogen) atoms. The lowest BCUT2D eigenvalue weighted by Gasteiger charge is -2.36. The molecule has 0 saturated heterocycles. The van der Waals surface area contributed by atoms with Crippen LogP contribution in [-0.4, -0.2) is 10.6 Å². The van der Waals surface area contributed by atoms with E-state index in [9.17, 15) is 9.50 Å². The van der Waals surface area contributed by atoms with Crippen molar-refractivity contribution in [3.63, 3.8) is 0 Å². The minimum atomic E-state index is -1.18. The third-order valence-corrected chi connectivity index (χ3v) is 3.45. The highest BCUT2D eigenvalue weighted by atomic mass is 19.1. The van der Waals surface area contributed by atoms with Crippen molar-refractivity contribution in [3.05, 3.63) is 29.8 Å². The molecule has 0 aliphatic heterocycles. The second-order valence-electron chi connectivity index (χ2n) is 4.75. The Morgan fingerprint density at radius 2 is 1.94 bits per heavy atom. The van der Waals surface area contributed by atoms with Crippen LogP contribution in [-0.2, 0) is 0 Å². The van der Waals surface area contributed by atoms with E-state index in [2.05, 4.69) is 0 Å². The lowest BCUT2D eigenvalue weighted by Crippen LogP contribution is -2.45. The molecule has 3 N–H and O–H groups in total. The zero-order valence-electron chi connectivity index (χ0n) is 9.32. The van der Waals surface area contributed by atoms with Gasteiger partial charge in [-0.25, -0.2) is 4.39 Å². The molecule has 0 radical (unpaired) electrons. The molecule has 1 fully saturated rings. The first-order valence-electron chi connectivity index (χ1n) is 5.84. The zero-order chi connectivity index (χ0) is 11.6. The second-order valence-corrected chi connectivity index (χ2v) is 4.75. The molecule has 88 valence electrons. The quantitative estimate of drug-likeness (QED) is 0.809. The van der Waals surface area contributed by atoms with Gasteiger partial charge in [0.1, 0.15) is 11.9 Å². The van der Waals surface area contributed by atoms with Crippen molar-refractivity contribution < 1.29 is 9.50 Å². The smallest absolute Gasteiger partial charge is 0.143 e. The summed E-state index contributed by atoms with van der Waals surface area (Å²) in [5, 5.41) is 9.34. The summed E-state index contributed by atoms with van der Waals surface area (Å²) in [6.45, 7) is 0. The average Bonchev–Trinajstić information content (AvgIpc) is 2.29. The molecule has 0 spiro atoms. The van der Waals surface area contributed by atoms with Gasteiger partial charge >= 0.3 is 0 Å². The van der Waals surface area contributed by atoms with E-state index in [1.54, 1.807) is 18.2 Å². The highest BCUT2D eigenvalue weighted by molar-refractivity contribution is 5.30. The first kappa shape index (κ1) is 11.4. The van der Waals surface area contributed by atoms with Crippen LogP contribution in [0.2, 0.25) is 0 Å². The molecule has 0 aromatic heterocycles. The molecule has 1 saturated carbocycles. The van der Waals surface area contributed by atoms with E-state index in [1.807, 2.05) is 0 Å². The van der Waals surface area contributed by atoms with Gasteiger partial charge in [0.25, 0.3) is 0 Å². The maximum absolute atomic E-state index is 14.3. The molecule has 2 rings (SSSR count). The van der Waals surface area contributed by atoms with E-state index < -0.39 is 11.7 Å². The SMILES string of the molecule is NC1(C(F)c2cccc(O)c2)CCCCC1. The van der Waals surface area contributed by atoms with E-state index >= 15 is 0 Å². The predicted octanol–water partition coefficient (Wildman–Crippen LogP) is 3.06. The first-order valence-corrected chi connectivity index (χ1v) is 5.84. The highest BCUT2D eigenvalue weighted by Gasteiger charge is 2.37. The molecular formula is C13H18FNO. The van der Waals surface area contributed by atoms with Gasteiger partial charge in [-0.05, 0) is 30.5 Å². The lowest BCUT2D eigenvalue weighted by atomic mass is 9.77. The number of rotatable bonds is 2. The van der Waals surface area contributed by atoms with Gasteiger partial charge in [0, 0.05) is 0 Å². The van der Waals surface area contributed by atoms with Crippen LogP contribution < -0.4 is 5.73 Å². The highest BCUT2D eigenvalue weighted by Crippen LogP contribution is 2.39. The minimum absolute atomic E-state index is 0.0968. The molecule has 1 unspecified atom stereocenters. The van der Waals surface area contributed by atoms with Gasteiger partial charge in [-0.2, -0.15) is 0 Å². The summed E-state index contributed by atoms with van der Waals surface area (Å²) in [5.74, 6) is 0.0968. The Kier molecular flexibility index (Phi) is 3.15. The Morgan fingerprint density at radius 3 is 2.56 bits per heavy atom. The van der Waals surface area contributed by atoms with Crippen molar-refractivity contribution in [2.24, 2.45) is 5.73 Å². The molecule has 1 aromatic carbocycles. The van der Waals surface area contributed by atoms with Crippen LogP contribution in [0.25, 0.3) is 0 Å². The predicted molar refractivity (Wildman–Crippen MR) is 62.0 cm³/mol. The third kappa shape index (κ3) is 2.19. The fourth-order valence-electron chi connectivity index (χ4n) is 2.48. The largest absolute Gasteiger partial charge is 0.508 e. The van der Waals surface area contributed by atoms with E-state index in [1.165, 1.54) is 6.07 Å². The Morgan fingerprint density at radius 1 is 1.25 bits per heavy atom. The fourth-order valence-corrected chi connectivity index (χ4v) is 2.48. The Hall–Kier alpha value is -1.09. The maximum Gasteiger partial charge on any atom is 0.143 e. The summed E-state index contributed by atoms with van der Waals surface area (Å²) in [6, 6.07) is 6.35. The summed E-state index contributed by atoms with van der Waals surface area (Å²) in [7, 11) is 0. The van der Waals surface area contributed by atoms with Crippen LogP contribution >= 0.6 is 0 Å². The number of benzene rings is 1. The second kappa shape index (κ2) is 4.42. The van der Waals surface area contributed by atoms with E-state index in [-0.39, 0.29) is 5.75 Å². The van der Waals surface area contributed by atoms with Crippen LogP contribution in [0.5, 0.6) is 5.75 Å². The monoisotopic (exact) mass is 223 g/mol. The van der Waals surface area contributed by atoms with Gasteiger partial charge < -0.3 is 10.8 Å². The summed E-state index contributed by atoms with van der Waals surface area (Å²) in [6.07, 6.45) is 3.41. The topological polar surface area (TPSA) is 46.2 Å². The van der Waals surface area contributed by atoms with Crippen molar-refractivity contribution in [1.82, 2.24) is 0 Å². The molecule has 0 heterocycles.